The first kappa shape index (κ1) is 26.5. The van der Waals surface area contributed by atoms with Crippen LogP contribution in [0.4, 0.5) is 11.4 Å². The van der Waals surface area contributed by atoms with E-state index in [1.54, 1.807) is 18.2 Å². The molecule has 0 atom stereocenters. The van der Waals surface area contributed by atoms with Gasteiger partial charge in [-0.15, -0.1) is 0 Å². The predicted molar refractivity (Wildman–Crippen MR) is 131 cm³/mol. The second kappa shape index (κ2) is 10.00. The highest BCUT2D eigenvalue weighted by Gasteiger charge is 2.36. The third-order valence-corrected chi connectivity index (χ3v) is 6.01. The van der Waals surface area contributed by atoms with Gasteiger partial charge in [-0.3, -0.25) is 14.1 Å². The molecule has 0 spiro atoms. The van der Waals surface area contributed by atoms with Crippen molar-refractivity contribution in [1.82, 2.24) is 0 Å². The molecule has 0 bridgehead atoms. The summed E-state index contributed by atoms with van der Waals surface area (Å²) in [7, 11) is -7.65. The van der Waals surface area contributed by atoms with Gasteiger partial charge < -0.3 is 11.1 Å². The largest absolute Gasteiger partial charge is 0.397 e. The number of nitrogen functional groups attached to an aromatic ring is 1. The summed E-state index contributed by atoms with van der Waals surface area (Å²) < 4.78 is 52.9. The summed E-state index contributed by atoms with van der Waals surface area (Å²) in [5.74, 6) is -1.11. The summed E-state index contributed by atoms with van der Waals surface area (Å²) in [5, 5.41) is 3.70. The number of nitrogens with one attached hydrogen (secondary N) is 1. The zero-order chi connectivity index (χ0) is 25.8. The number of carbonyl (C=O) groups excluding carboxylic acids is 2. The van der Waals surface area contributed by atoms with E-state index >= 15 is 0 Å². The molecule has 3 rings (SSSR count). The van der Waals surface area contributed by atoms with E-state index in [0.29, 0.717) is 5.70 Å². The number of nitrogens with two attached hydrogens (primary N) is 1. The van der Waals surface area contributed by atoms with Gasteiger partial charge in [0.1, 0.15) is 4.90 Å². The van der Waals surface area contributed by atoms with Crippen molar-refractivity contribution < 1.29 is 31.0 Å². The smallest absolute Gasteiger partial charge is 0.296 e. The van der Waals surface area contributed by atoms with Gasteiger partial charge in [0, 0.05) is 28.5 Å². The molecule has 9 nitrogen and oxygen atoms in total. The van der Waals surface area contributed by atoms with Gasteiger partial charge in [-0.25, -0.2) is 8.42 Å². The van der Waals surface area contributed by atoms with Crippen molar-refractivity contribution in [1.29, 1.82) is 0 Å². The number of sulfone groups is 1. The number of rotatable bonds is 6. The van der Waals surface area contributed by atoms with Gasteiger partial charge in [0.2, 0.25) is 0 Å². The number of ketones is 2. The first-order valence-electron chi connectivity index (χ1n) is 9.42. The minimum atomic E-state index is -4.75. The van der Waals surface area contributed by atoms with Crippen LogP contribution >= 0.6 is 0 Å². The molecule has 0 aliphatic heterocycles. The maximum Gasteiger partial charge on any atom is 0.296 e. The van der Waals surface area contributed by atoms with Crippen molar-refractivity contribution in [2.45, 2.75) is 4.90 Å². The molecule has 0 unspecified atom stereocenters. The standard InChI is InChI=1S/C20H16N2O5S.C3H6O2S/c1-3-4-7-11(2)22-14-10-15(28(25,26)27)18(21)17-16(14)19(23)12-8-5-6-9-13(12)20(17)24;1-3-6(2,4)5/h3-10,22H,1-2,21H2,(H,25,26,27);3H,1H2,2H3/b7-4-;. The molecule has 1 aliphatic carbocycles. The number of benzene rings is 2. The molecule has 0 saturated heterocycles. The second-order valence-electron chi connectivity index (χ2n) is 7.01. The molecule has 0 heterocycles. The number of anilines is 2. The minimum absolute atomic E-state index is 0.0107. The number of fused-ring (bicyclic) bond motifs is 2. The minimum Gasteiger partial charge on any atom is -0.397 e. The van der Waals surface area contributed by atoms with Crippen LogP contribution in [0.25, 0.3) is 0 Å². The Kier molecular flexibility index (Phi) is 7.78. The maximum atomic E-state index is 13.1. The summed E-state index contributed by atoms with van der Waals surface area (Å²) in [4.78, 5) is 25.4. The summed E-state index contributed by atoms with van der Waals surface area (Å²) in [6, 6.07) is 7.16. The van der Waals surface area contributed by atoms with E-state index in [9.17, 15) is 31.0 Å². The Morgan fingerprint density at radius 2 is 1.53 bits per heavy atom. The quantitative estimate of drug-likeness (QED) is 0.261. The topological polar surface area (TPSA) is 161 Å². The van der Waals surface area contributed by atoms with Crippen molar-refractivity contribution in [3.05, 3.63) is 102 Å². The molecule has 2 aromatic carbocycles. The fourth-order valence-corrected chi connectivity index (χ4v) is 3.65. The van der Waals surface area contributed by atoms with Gasteiger partial charge in [-0.05, 0) is 12.1 Å². The van der Waals surface area contributed by atoms with E-state index < -0.39 is 42.1 Å². The molecule has 0 saturated carbocycles. The van der Waals surface area contributed by atoms with Crippen LogP contribution in [0.1, 0.15) is 31.8 Å². The average molecular weight is 503 g/mol. The highest BCUT2D eigenvalue weighted by molar-refractivity contribution is 7.93. The normalized spacial score (nSPS) is 12.8. The summed E-state index contributed by atoms with van der Waals surface area (Å²) in [6.45, 7) is 10.3. The summed E-state index contributed by atoms with van der Waals surface area (Å²) in [6.07, 6.45) is 5.71. The Morgan fingerprint density at radius 1 is 1.03 bits per heavy atom. The predicted octanol–water partition coefficient (Wildman–Crippen LogP) is 3.13. The van der Waals surface area contributed by atoms with Crippen molar-refractivity contribution in [2.24, 2.45) is 0 Å². The van der Waals surface area contributed by atoms with Crippen molar-refractivity contribution >= 4 is 42.9 Å². The number of hydrogen-bond donors (Lipinski definition) is 3. The van der Waals surface area contributed by atoms with Crippen LogP contribution in [-0.4, -0.2) is 39.2 Å². The van der Waals surface area contributed by atoms with Gasteiger partial charge in [-0.2, -0.15) is 8.42 Å². The monoisotopic (exact) mass is 502 g/mol. The first-order chi connectivity index (χ1) is 15.7. The van der Waals surface area contributed by atoms with Crippen molar-refractivity contribution in [3.8, 4) is 0 Å². The van der Waals surface area contributed by atoms with E-state index in [4.69, 9.17) is 5.73 Å². The Bertz CT molecular complexity index is 1460. The Hall–Kier alpha value is -3.80. The maximum absolute atomic E-state index is 13.1. The number of allylic oxidation sites excluding steroid dienone is 3. The van der Waals surface area contributed by atoms with Crippen LogP contribution in [0.3, 0.4) is 0 Å². The molecule has 0 amide bonds. The fraction of sp³-hybridized carbons (Fsp3) is 0.0435. The Morgan fingerprint density at radius 3 is 1.97 bits per heavy atom. The lowest BCUT2D eigenvalue weighted by Crippen LogP contribution is -2.25. The first-order valence-corrected chi connectivity index (χ1v) is 12.8. The van der Waals surface area contributed by atoms with Gasteiger partial charge in [0.25, 0.3) is 10.1 Å². The summed E-state index contributed by atoms with van der Waals surface area (Å²) >= 11 is 0. The zero-order valence-electron chi connectivity index (χ0n) is 18.1. The number of carbonyl (C=O) groups is 2. The summed E-state index contributed by atoms with van der Waals surface area (Å²) in [5.41, 5.74) is 5.62. The van der Waals surface area contributed by atoms with Crippen LogP contribution in [0.15, 0.2) is 84.3 Å². The molecule has 178 valence electrons. The highest BCUT2D eigenvalue weighted by Crippen LogP contribution is 2.39. The van der Waals surface area contributed by atoms with E-state index in [2.05, 4.69) is 25.1 Å². The third-order valence-electron chi connectivity index (χ3n) is 4.51. The lowest BCUT2D eigenvalue weighted by molar-refractivity contribution is 0.0980. The average Bonchev–Trinajstić information content (AvgIpc) is 2.76. The van der Waals surface area contributed by atoms with E-state index in [-0.39, 0.29) is 27.9 Å². The van der Waals surface area contributed by atoms with Gasteiger partial charge in [0.05, 0.1) is 22.5 Å². The Balaban J connectivity index is 0.000000604. The van der Waals surface area contributed by atoms with Crippen LogP contribution in [0.2, 0.25) is 0 Å². The fourth-order valence-electron chi connectivity index (χ4n) is 3.00. The second-order valence-corrected chi connectivity index (χ2v) is 10.4. The van der Waals surface area contributed by atoms with E-state index in [0.717, 1.165) is 17.7 Å². The van der Waals surface area contributed by atoms with E-state index in [1.807, 2.05) is 0 Å². The molecule has 1 aliphatic rings. The van der Waals surface area contributed by atoms with E-state index in [1.165, 1.54) is 24.3 Å². The lowest BCUT2D eigenvalue weighted by Gasteiger charge is -2.23. The molecule has 4 N–H and O–H groups in total. The molecule has 0 fully saturated rings. The van der Waals surface area contributed by atoms with Crippen molar-refractivity contribution in [3.63, 3.8) is 0 Å². The van der Waals surface area contributed by atoms with Gasteiger partial charge >= 0.3 is 0 Å². The number of hydrogen-bond acceptors (Lipinski definition) is 8. The molecule has 2 aromatic rings. The van der Waals surface area contributed by atoms with Crippen LogP contribution in [-0.2, 0) is 20.0 Å². The van der Waals surface area contributed by atoms with Gasteiger partial charge in [-0.1, -0.05) is 56.2 Å². The molecular weight excluding hydrogens is 480 g/mol. The molecule has 0 aromatic heterocycles. The lowest BCUT2D eigenvalue weighted by atomic mass is 9.82. The molecule has 34 heavy (non-hydrogen) atoms. The van der Waals surface area contributed by atoms with Crippen molar-refractivity contribution in [2.75, 3.05) is 17.3 Å². The van der Waals surface area contributed by atoms with Crippen LogP contribution in [0.5, 0.6) is 0 Å². The van der Waals surface area contributed by atoms with Crippen LogP contribution in [0, 0.1) is 0 Å². The molecule has 0 radical (unpaired) electrons. The zero-order valence-corrected chi connectivity index (χ0v) is 19.7. The molecular formula is C23H22N2O7S2. The van der Waals surface area contributed by atoms with Gasteiger partial charge in [0.15, 0.2) is 21.4 Å². The SMILES string of the molecule is C=C/C=C\C(=C)Nc1cc(S(=O)(=O)O)c(N)c2c1C(=O)c1ccccc1C2=O.C=CS(C)(=O)=O. The highest BCUT2D eigenvalue weighted by atomic mass is 32.2. The Labute approximate surface area is 197 Å². The molecule has 11 heteroatoms. The van der Waals surface area contributed by atoms with Crippen LogP contribution < -0.4 is 11.1 Å². The third kappa shape index (κ3) is 5.76.